The van der Waals surface area contributed by atoms with Gasteiger partial charge in [0.25, 0.3) is 0 Å². The molecule has 0 aromatic heterocycles. The molecule has 2 aromatic carbocycles. The van der Waals surface area contributed by atoms with E-state index in [1.807, 2.05) is 42.5 Å². The second-order valence-corrected chi connectivity index (χ2v) is 5.96. The second kappa shape index (κ2) is 7.17. The zero-order valence-electron chi connectivity index (χ0n) is 13.1. The molecule has 0 unspecified atom stereocenters. The van der Waals surface area contributed by atoms with Gasteiger partial charge < -0.3 is 15.2 Å². The van der Waals surface area contributed by atoms with Crippen LogP contribution in [-0.4, -0.2) is 23.2 Å². The van der Waals surface area contributed by atoms with Crippen molar-refractivity contribution in [3.05, 3.63) is 71.3 Å². The number of carboxylic acid groups (broad SMARTS) is 1. The molecule has 0 bridgehead atoms. The number of ether oxygens (including phenoxy) is 1. The molecule has 24 heavy (non-hydrogen) atoms. The Labute approximate surface area is 140 Å². The maximum absolute atomic E-state index is 11.8. The summed E-state index contributed by atoms with van der Waals surface area (Å²) in [4.78, 5) is 23.1. The third kappa shape index (κ3) is 3.74. The second-order valence-electron chi connectivity index (χ2n) is 5.96. The summed E-state index contributed by atoms with van der Waals surface area (Å²) < 4.78 is 5.19. The van der Waals surface area contributed by atoms with E-state index >= 15 is 0 Å². The molecule has 0 aliphatic heterocycles. The van der Waals surface area contributed by atoms with E-state index in [0.29, 0.717) is 5.56 Å². The Morgan fingerprint density at radius 2 is 1.71 bits per heavy atom. The molecule has 0 saturated heterocycles. The molecule has 0 heterocycles. The van der Waals surface area contributed by atoms with E-state index in [2.05, 4.69) is 5.32 Å². The number of amides is 1. The molecule has 1 saturated carbocycles. The van der Waals surface area contributed by atoms with Gasteiger partial charge in [-0.15, -0.1) is 0 Å². The smallest absolute Gasteiger partial charge is 0.407 e. The summed E-state index contributed by atoms with van der Waals surface area (Å²) in [5.41, 5.74) is 2.11. The lowest BCUT2D eigenvalue weighted by Crippen LogP contribution is -2.43. The number of benzene rings is 2. The minimum Gasteiger partial charge on any atom is -0.478 e. The third-order valence-electron chi connectivity index (χ3n) is 4.30. The predicted octanol–water partition coefficient (Wildman–Crippen LogP) is 3.56. The topological polar surface area (TPSA) is 75.6 Å². The third-order valence-corrected chi connectivity index (χ3v) is 4.30. The van der Waals surface area contributed by atoms with Crippen LogP contribution in [0.2, 0.25) is 0 Å². The minimum absolute atomic E-state index is 0.0279. The fourth-order valence-corrected chi connectivity index (χ4v) is 2.97. The zero-order valence-corrected chi connectivity index (χ0v) is 13.1. The summed E-state index contributed by atoms with van der Waals surface area (Å²) >= 11 is 0. The first-order valence-corrected chi connectivity index (χ1v) is 7.93. The van der Waals surface area contributed by atoms with Crippen LogP contribution >= 0.6 is 0 Å². The first-order chi connectivity index (χ1) is 11.6. The van der Waals surface area contributed by atoms with Crippen LogP contribution in [-0.2, 0) is 11.3 Å². The first kappa shape index (κ1) is 16.1. The number of carbonyl (C=O) groups is 2. The van der Waals surface area contributed by atoms with E-state index in [0.717, 1.165) is 24.0 Å². The Balaban J connectivity index is 1.47. The van der Waals surface area contributed by atoms with Gasteiger partial charge in [0.1, 0.15) is 6.61 Å². The van der Waals surface area contributed by atoms with Crippen LogP contribution in [0, 0.1) is 0 Å². The standard InChI is InChI=1S/C19H19NO4/c21-18(22)17-9-5-4-8-16(17)14-10-15(11-14)20-19(23)24-12-13-6-2-1-3-7-13/h1-9,14-15H,10-12H2,(H,20,23)(H,21,22). The SMILES string of the molecule is O=C(NC1CC(c2ccccc2C(=O)O)C1)OCc1ccccc1. The van der Waals surface area contributed by atoms with Crippen molar-refractivity contribution in [2.75, 3.05) is 0 Å². The van der Waals surface area contributed by atoms with Gasteiger partial charge in [-0.25, -0.2) is 9.59 Å². The Bertz CT molecular complexity index is 723. The van der Waals surface area contributed by atoms with Crippen molar-refractivity contribution in [2.24, 2.45) is 0 Å². The maximum atomic E-state index is 11.8. The Hall–Kier alpha value is -2.82. The van der Waals surface area contributed by atoms with Gasteiger partial charge in [-0.2, -0.15) is 0 Å². The first-order valence-electron chi connectivity index (χ1n) is 7.93. The summed E-state index contributed by atoms with van der Waals surface area (Å²) in [6, 6.07) is 16.6. The molecule has 1 fully saturated rings. The lowest BCUT2D eigenvalue weighted by molar-refractivity contribution is 0.0693. The molecule has 1 amide bonds. The lowest BCUT2D eigenvalue weighted by atomic mass is 9.74. The Morgan fingerprint density at radius 1 is 1.04 bits per heavy atom. The van der Waals surface area contributed by atoms with Crippen molar-refractivity contribution in [1.82, 2.24) is 5.32 Å². The van der Waals surface area contributed by atoms with Crippen molar-refractivity contribution in [1.29, 1.82) is 0 Å². The minimum atomic E-state index is -0.913. The monoisotopic (exact) mass is 325 g/mol. The van der Waals surface area contributed by atoms with Gasteiger partial charge in [-0.1, -0.05) is 48.5 Å². The van der Waals surface area contributed by atoms with E-state index in [1.165, 1.54) is 0 Å². The van der Waals surface area contributed by atoms with Crippen molar-refractivity contribution in [3.8, 4) is 0 Å². The fourth-order valence-electron chi connectivity index (χ4n) is 2.97. The van der Waals surface area contributed by atoms with E-state index in [9.17, 15) is 14.7 Å². The number of carboxylic acids is 1. The van der Waals surface area contributed by atoms with Gasteiger partial charge in [0.15, 0.2) is 0 Å². The molecular formula is C19H19NO4. The maximum Gasteiger partial charge on any atom is 0.407 e. The highest BCUT2D eigenvalue weighted by molar-refractivity contribution is 5.89. The normalized spacial score (nSPS) is 19.2. The number of nitrogens with one attached hydrogen (secondary N) is 1. The molecule has 2 N–H and O–H groups in total. The quantitative estimate of drug-likeness (QED) is 0.881. The molecule has 124 valence electrons. The van der Waals surface area contributed by atoms with E-state index in [4.69, 9.17) is 4.74 Å². The van der Waals surface area contributed by atoms with Crippen molar-refractivity contribution in [2.45, 2.75) is 31.4 Å². The van der Waals surface area contributed by atoms with Crippen LogP contribution in [0.3, 0.4) is 0 Å². The molecular weight excluding hydrogens is 306 g/mol. The van der Waals surface area contributed by atoms with Crippen LogP contribution in [0.5, 0.6) is 0 Å². The number of aromatic carboxylic acids is 1. The number of hydrogen-bond donors (Lipinski definition) is 2. The van der Waals surface area contributed by atoms with Gasteiger partial charge in [0.05, 0.1) is 5.56 Å². The van der Waals surface area contributed by atoms with Crippen molar-refractivity contribution < 1.29 is 19.4 Å². The lowest BCUT2D eigenvalue weighted by Gasteiger charge is -2.36. The molecule has 1 aliphatic rings. The largest absolute Gasteiger partial charge is 0.478 e. The van der Waals surface area contributed by atoms with E-state index in [-0.39, 0.29) is 18.6 Å². The fraction of sp³-hybridized carbons (Fsp3) is 0.263. The van der Waals surface area contributed by atoms with Crippen LogP contribution in [0.1, 0.15) is 40.2 Å². The van der Waals surface area contributed by atoms with Gasteiger partial charge >= 0.3 is 12.1 Å². The van der Waals surface area contributed by atoms with Crippen LogP contribution in [0.25, 0.3) is 0 Å². The highest BCUT2D eigenvalue weighted by Gasteiger charge is 2.33. The van der Waals surface area contributed by atoms with Gasteiger partial charge in [0.2, 0.25) is 0 Å². The summed E-state index contributed by atoms with van der Waals surface area (Å²) in [5.74, 6) is -0.749. The number of hydrogen-bond acceptors (Lipinski definition) is 3. The Morgan fingerprint density at radius 3 is 2.42 bits per heavy atom. The predicted molar refractivity (Wildman–Crippen MR) is 88.9 cm³/mol. The number of alkyl carbamates (subject to hydrolysis) is 1. The molecule has 0 spiro atoms. The molecule has 5 nitrogen and oxygen atoms in total. The molecule has 5 heteroatoms. The molecule has 3 rings (SSSR count). The highest BCUT2D eigenvalue weighted by atomic mass is 16.5. The van der Waals surface area contributed by atoms with Crippen LogP contribution in [0.15, 0.2) is 54.6 Å². The van der Waals surface area contributed by atoms with Crippen molar-refractivity contribution in [3.63, 3.8) is 0 Å². The zero-order chi connectivity index (χ0) is 16.9. The molecule has 0 radical (unpaired) electrons. The van der Waals surface area contributed by atoms with Crippen molar-refractivity contribution >= 4 is 12.1 Å². The number of rotatable bonds is 5. The van der Waals surface area contributed by atoms with Gasteiger partial charge in [0, 0.05) is 6.04 Å². The van der Waals surface area contributed by atoms with E-state index in [1.54, 1.807) is 12.1 Å². The molecule has 0 atom stereocenters. The molecule has 2 aromatic rings. The van der Waals surface area contributed by atoms with Gasteiger partial charge in [-0.05, 0) is 36.0 Å². The summed E-state index contributed by atoms with van der Waals surface area (Å²) in [6.45, 7) is 0.241. The highest BCUT2D eigenvalue weighted by Crippen LogP contribution is 2.38. The van der Waals surface area contributed by atoms with Gasteiger partial charge in [-0.3, -0.25) is 0 Å². The van der Waals surface area contributed by atoms with Crippen LogP contribution < -0.4 is 5.32 Å². The van der Waals surface area contributed by atoms with E-state index < -0.39 is 12.1 Å². The summed E-state index contributed by atoms with van der Waals surface area (Å²) in [6.07, 6.45) is 1.02. The summed E-state index contributed by atoms with van der Waals surface area (Å²) in [7, 11) is 0. The Kier molecular flexibility index (Phi) is 4.79. The van der Waals surface area contributed by atoms with Crippen LogP contribution in [0.4, 0.5) is 4.79 Å². The molecule has 1 aliphatic carbocycles. The summed E-state index contributed by atoms with van der Waals surface area (Å²) in [5, 5.41) is 12.1. The number of carbonyl (C=O) groups excluding carboxylic acids is 1. The average Bonchev–Trinajstić information content (AvgIpc) is 2.57. The average molecular weight is 325 g/mol.